The predicted molar refractivity (Wildman–Crippen MR) is 71.6 cm³/mol. The van der Waals surface area contributed by atoms with E-state index < -0.39 is 11.9 Å². The quantitative estimate of drug-likeness (QED) is 0.830. The Morgan fingerprint density at radius 2 is 1.84 bits per heavy atom. The van der Waals surface area contributed by atoms with E-state index in [-0.39, 0.29) is 11.2 Å². The minimum Gasteiger partial charge on any atom is -0.385 e. The number of rotatable bonds is 2. The van der Waals surface area contributed by atoms with Crippen LogP contribution >= 0.6 is 0 Å². The number of carbonyl (C=O) groups excluding carboxylic acids is 1. The number of aliphatic hydroxyl groups is 1. The Kier molecular flexibility index (Phi) is 3.69. The van der Waals surface area contributed by atoms with Crippen molar-refractivity contribution in [2.24, 2.45) is 5.41 Å². The number of aliphatic hydroxyl groups excluding tert-OH is 1. The Morgan fingerprint density at radius 1 is 1.26 bits per heavy atom. The van der Waals surface area contributed by atoms with Crippen LogP contribution < -0.4 is 0 Å². The standard InChI is InChI=1S/C15H22O4/c1-10-11(5-6-15(4)18-7-8-19-15)14(2,3)9-12(16)13(10)17/h5-6,12,16H,7-9H2,1-4H3/b6-5+. The maximum atomic E-state index is 11.9. The predicted octanol–water partition coefficient (Wildman–Crippen LogP) is 1.98. The van der Waals surface area contributed by atoms with Crippen molar-refractivity contribution in [2.75, 3.05) is 13.2 Å². The number of Topliss-reactive ketones (excluding diaryl/α,β-unsaturated/α-hetero) is 1. The lowest BCUT2D eigenvalue weighted by atomic mass is 9.71. The normalized spacial score (nSPS) is 30.4. The van der Waals surface area contributed by atoms with Gasteiger partial charge in [-0.25, -0.2) is 0 Å². The van der Waals surface area contributed by atoms with E-state index in [4.69, 9.17) is 9.47 Å². The van der Waals surface area contributed by atoms with Crippen molar-refractivity contribution in [3.63, 3.8) is 0 Å². The number of ketones is 1. The van der Waals surface area contributed by atoms with Gasteiger partial charge in [0.25, 0.3) is 0 Å². The van der Waals surface area contributed by atoms with E-state index in [2.05, 4.69) is 0 Å². The number of carbonyl (C=O) groups is 1. The lowest BCUT2D eigenvalue weighted by molar-refractivity contribution is -0.125. The van der Waals surface area contributed by atoms with E-state index in [1.807, 2.05) is 32.9 Å². The summed E-state index contributed by atoms with van der Waals surface area (Å²) in [6.45, 7) is 8.86. The molecule has 1 aliphatic carbocycles. The van der Waals surface area contributed by atoms with Crippen molar-refractivity contribution >= 4 is 5.78 Å². The highest BCUT2D eigenvalue weighted by atomic mass is 16.7. The maximum Gasteiger partial charge on any atom is 0.187 e. The Balaban J connectivity index is 2.30. The maximum absolute atomic E-state index is 11.9. The number of hydrogen-bond donors (Lipinski definition) is 1. The fourth-order valence-corrected chi connectivity index (χ4v) is 2.79. The second-order valence-corrected chi connectivity index (χ2v) is 6.05. The fourth-order valence-electron chi connectivity index (χ4n) is 2.79. The van der Waals surface area contributed by atoms with Crippen LogP contribution in [0.15, 0.2) is 23.3 Å². The van der Waals surface area contributed by atoms with Crippen LogP contribution in [0.1, 0.15) is 34.1 Å². The highest BCUT2D eigenvalue weighted by Crippen LogP contribution is 2.40. The first-order valence-electron chi connectivity index (χ1n) is 6.66. The van der Waals surface area contributed by atoms with Crippen LogP contribution in [-0.4, -0.2) is 36.0 Å². The van der Waals surface area contributed by atoms with Crippen LogP contribution in [0.3, 0.4) is 0 Å². The summed E-state index contributed by atoms with van der Waals surface area (Å²) in [6, 6.07) is 0. The van der Waals surface area contributed by atoms with Crippen molar-refractivity contribution < 1.29 is 19.4 Å². The molecule has 2 rings (SSSR count). The zero-order chi connectivity index (χ0) is 14.3. The zero-order valence-electron chi connectivity index (χ0n) is 12.0. The first-order chi connectivity index (χ1) is 8.75. The van der Waals surface area contributed by atoms with Crippen LogP contribution in [0, 0.1) is 5.41 Å². The largest absolute Gasteiger partial charge is 0.385 e. The average Bonchev–Trinajstić information content (AvgIpc) is 2.72. The summed E-state index contributed by atoms with van der Waals surface area (Å²) in [6.07, 6.45) is 3.32. The molecule has 0 radical (unpaired) electrons. The van der Waals surface area contributed by atoms with E-state index in [0.717, 1.165) is 5.57 Å². The molecule has 2 aliphatic rings. The third-order valence-electron chi connectivity index (χ3n) is 3.92. The zero-order valence-corrected chi connectivity index (χ0v) is 12.0. The molecule has 1 saturated heterocycles. The molecule has 1 fully saturated rings. The van der Waals surface area contributed by atoms with Gasteiger partial charge < -0.3 is 14.6 Å². The second kappa shape index (κ2) is 4.85. The Morgan fingerprint density at radius 3 is 2.42 bits per heavy atom. The minimum absolute atomic E-state index is 0.183. The smallest absolute Gasteiger partial charge is 0.187 e. The molecule has 19 heavy (non-hydrogen) atoms. The van der Waals surface area contributed by atoms with Crippen molar-refractivity contribution in [3.8, 4) is 0 Å². The topological polar surface area (TPSA) is 55.8 Å². The molecule has 106 valence electrons. The first-order valence-corrected chi connectivity index (χ1v) is 6.66. The van der Waals surface area contributed by atoms with Gasteiger partial charge in [0, 0.05) is 0 Å². The van der Waals surface area contributed by atoms with Crippen molar-refractivity contribution in [1.82, 2.24) is 0 Å². The number of hydrogen-bond acceptors (Lipinski definition) is 4. The molecule has 4 heteroatoms. The lowest BCUT2D eigenvalue weighted by Gasteiger charge is -2.35. The van der Waals surface area contributed by atoms with Gasteiger partial charge >= 0.3 is 0 Å². The Bertz CT molecular complexity index is 439. The lowest BCUT2D eigenvalue weighted by Crippen LogP contribution is -2.36. The number of allylic oxidation sites excluding steroid dienone is 2. The molecule has 1 atom stereocenters. The van der Waals surface area contributed by atoms with Crippen LogP contribution in [0.2, 0.25) is 0 Å². The molecule has 1 unspecified atom stereocenters. The molecule has 0 amide bonds. The summed E-state index contributed by atoms with van der Waals surface area (Å²) in [7, 11) is 0. The second-order valence-electron chi connectivity index (χ2n) is 6.05. The molecule has 0 spiro atoms. The molecule has 0 saturated carbocycles. The molecule has 0 aromatic heterocycles. The van der Waals surface area contributed by atoms with Gasteiger partial charge in [-0.1, -0.05) is 19.9 Å². The van der Waals surface area contributed by atoms with Gasteiger partial charge in [0.15, 0.2) is 11.6 Å². The van der Waals surface area contributed by atoms with Gasteiger partial charge in [0.1, 0.15) is 6.10 Å². The highest BCUT2D eigenvalue weighted by Gasteiger charge is 2.37. The van der Waals surface area contributed by atoms with E-state index in [1.165, 1.54) is 0 Å². The van der Waals surface area contributed by atoms with Gasteiger partial charge in [-0.05, 0) is 42.9 Å². The van der Waals surface area contributed by atoms with Crippen LogP contribution in [-0.2, 0) is 14.3 Å². The minimum atomic E-state index is -0.887. The number of ether oxygens (including phenoxy) is 2. The van der Waals surface area contributed by atoms with Crippen LogP contribution in [0.4, 0.5) is 0 Å². The van der Waals surface area contributed by atoms with E-state index in [0.29, 0.717) is 25.2 Å². The molecule has 0 aromatic carbocycles. The summed E-state index contributed by atoms with van der Waals surface area (Å²) in [4.78, 5) is 11.9. The monoisotopic (exact) mass is 266 g/mol. The molecule has 1 N–H and O–H groups in total. The molecule has 4 nitrogen and oxygen atoms in total. The van der Waals surface area contributed by atoms with Crippen LogP contribution in [0.25, 0.3) is 0 Å². The van der Waals surface area contributed by atoms with Crippen molar-refractivity contribution in [2.45, 2.75) is 46.0 Å². The summed E-state index contributed by atoms with van der Waals surface area (Å²) in [5.74, 6) is -0.889. The Labute approximate surface area is 114 Å². The summed E-state index contributed by atoms with van der Waals surface area (Å²) < 4.78 is 11.0. The molecular weight excluding hydrogens is 244 g/mol. The molecule has 1 aliphatic heterocycles. The third-order valence-corrected chi connectivity index (χ3v) is 3.92. The van der Waals surface area contributed by atoms with Gasteiger partial charge in [0.2, 0.25) is 0 Å². The van der Waals surface area contributed by atoms with Gasteiger partial charge in [-0.2, -0.15) is 0 Å². The van der Waals surface area contributed by atoms with Crippen LogP contribution in [0.5, 0.6) is 0 Å². The van der Waals surface area contributed by atoms with E-state index in [9.17, 15) is 9.90 Å². The Hall–Kier alpha value is -0.970. The fraction of sp³-hybridized carbons (Fsp3) is 0.667. The van der Waals surface area contributed by atoms with Gasteiger partial charge in [0.05, 0.1) is 13.2 Å². The third kappa shape index (κ3) is 2.81. The van der Waals surface area contributed by atoms with E-state index >= 15 is 0 Å². The molecular formula is C15H22O4. The SMILES string of the molecule is CC1=C(/C=C/C2(C)OCCO2)C(C)(C)CC(O)C1=O. The molecule has 1 heterocycles. The summed E-state index contributed by atoms with van der Waals surface area (Å²) >= 11 is 0. The first kappa shape index (κ1) is 14.4. The van der Waals surface area contributed by atoms with E-state index in [1.54, 1.807) is 6.92 Å². The molecule has 0 aromatic rings. The van der Waals surface area contributed by atoms with Gasteiger partial charge in [-0.3, -0.25) is 4.79 Å². The summed E-state index contributed by atoms with van der Waals surface area (Å²) in [5.41, 5.74) is 1.34. The van der Waals surface area contributed by atoms with Crippen molar-refractivity contribution in [3.05, 3.63) is 23.3 Å². The van der Waals surface area contributed by atoms with Crippen molar-refractivity contribution in [1.29, 1.82) is 0 Å². The summed E-state index contributed by atoms with van der Waals surface area (Å²) in [5, 5.41) is 9.77. The molecule has 0 bridgehead atoms. The van der Waals surface area contributed by atoms with Gasteiger partial charge in [-0.15, -0.1) is 0 Å². The average molecular weight is 266 g/mol. The highest BCUT2D eigenvalue weighted by molar-refractivity contribution is 6.00.